The van der Waals surface area contributed by atoms with Crippen LogP contribution in [0.15, 0.2) is 24.3 Å². The summed E-state index contributed by atoms with van der Waals surface area (Å²) in [6.45, 7) is 5.05. The minimum atomic E-state index is -4.38. The van der Waals surface area contributed by atoms with Crippen molar-refractivity contribution in [3.05, 3.63) is 41.2 Å². The largest absolute Gasteiger partial charge is 0.464 e. The fourth-order valence-corrected chi connectivity index (χ4v) is 3.47. The van der Waals surface area contributed by atoms with Gasteiger partial charge in [0.05, 0.1) is 12.2 Å². The molecule has 1 atom stereocenters. The summed E-state index contributed by atoms with van der Waals surface area (Å²) in [5.74, 6) is 1.25. The van der Waals surface area contributed by atoms with Gasteiger partial charge in [0.1, 0.15) is 5.82 Å². The first-order valence-electron chi connectivity index (χ1n) is 9.79. The lowest BCUT2D eigenvalue weighted by atomic mass is 9.99. The molecule has 158 valence electrons. The molecule has 2 aromatic rings. The number of piperidine rings is 1. The fourth-order valence-electron chi connectivity index (χ4n) is 3.47. The summed E-state index contributed by atoms with van der Waals surface area (Å²) in [6, 6.07) is 5.37. The Bertz CT molecular complexity index is 815. The Morgan fingerprint density at radius 3 is 2.79 bits per heavy atom. The third-order valence-corrected chi connectivity index (χ3v) is 4.82. The lowest BCUT2D eigenvalue weighted by molar-refractivity contribution is -0.137. The molecule has 3 rings (SSSR count). The van der Waals surface area contributed by atoms with E-state index in [1.165, 1.54) is 6.07 Å². The van der Waals surface area contributed by atoms with Gasteiger partial charge in [0.15, 0.2) is 0 Å². The number of aromatic nitrogens is 3. The molecule has 1 N–H and O–H groups in total. The minimum absolute atomic E-state index is 0.160. The van der Waals surface area contributed by atoms with Crippen molar-refractivity contribution in [1.29, 1.82) is 0 Å². The highest BCUT2D eigenvalue weighted by molar-refractivity contribution is 5.31. The van der Waals surface area contributed by atoms with Crippen LogP contribution in [-0.2, 0) is 12.6 Å². The Morgan fingerprint density at radius 2 is 2.07 bits per heavy atom. The molecule has 1 aromatic carbocycles. The molecule has 0 saturated carbocycles. The van der Waals surface area contributed by atoms with Crippen molar-refractivity contribution in [2.24, 2.45) is 5.92 Å². The first kappa shape index (κ1) is 21.3. The van der Waals surface area contributed by atoms with Gasteiger partial charge in [-0.15, -0.1) is 0 Å². The molecule has 6 nitrogen and oxygen atoms in total. The minimum Gasteiger partial charge on any atom is -0.464 e. The summed E-state index contributed by atoms with van der Waals surface area (Å²) in [4.78, 5) is 15.2. The Labute approximate surface area is 168 Å². The smallest absolute Gasteiger partial charge is 0.416 e. The third-order valence-electron chi connectivity index (χ3n) is 4.82. The zero-order valence-corrected chi connectivity index (χ0v) is 16.7. The second-order valence-corrected chi connectivity index (χ2v) is 7.32. The summed E-state index contributed by atoms with van der Waals surface area (Å²) < 4.78 is 44.3. The van der Waals surface area contributed by atoms with Crippen molar-refractivity contribution < 1.29 is 17.9 Å². The normalized spacial score (nSPS) is 17.9. The molecule has 0 radical (unpaired) electrons. The number of halogens is 3. The van der Waals surface area contributed by atoms with Crippen LogP contribution in [-0.4, -0.2) is 53.1 Å². The van der Waals surface area contributed by atoms with Crippen molar-refractivity contribution >= 4 is 5.95 Å². The lowest BCUT2D eigenvalue weighted by Gasteiger charge is -2.29. The Balaban J connectivity index is 1.74. The number of nitrogens with one attached hydrogen (secondary N) is 1. The zero-order valence-electron chi connectivity index (χ0n) is 16.7. The maximum Gasteiger partial charge on any atom is 0.416 e. The molecule has 1 aromatic heterocycles. The van der Waals surface area contributed by atoms with Crippen molar-refractivity contribution in [2.75, 3.05) is 38.6 Å². The molecule has 2 heterocycles. The number of nitrogens with zero attached hydrogens (tertiary/aromatic N) is 4. The van der Waals surface area contributed by atoms with Crippen LogP contribution in [0.3, 0.4) is 0 Å². The Kier molecular flexibility index (Phi) is 6.89. The third kappa shape index (κ3) is 6.28. The number of anilines is 1. The molecular weight excluding hydrogens is 383 g/mol. The van der Waals surface area contributed by atoms with E-state index in [1.54, 1.807) is 6.07 Å². The average molecular weight is 409 g/mol. The number of hydrogen-bond donors (Lipinski definition) is 1. The molecule has 1 saturated heterocycles. The first-order chi connectivity index (χ1) is 13.8. The number of rotatable bonds is 7. The molecule has 0 bridgehead atoms. The highest BCUT2D eigenvalue weighted by Gasteiger charge is 2.30. The summed E-state index contributed by atoms with van der Waals surface area (Å²) >= 11 is 0. The predicted molar refractivity (Wildman–Crippen MR) is 104 cm³/mol. The SMILES string of the molecule is CCOc1nc(Cc2cccc(C(F)(F)F)c2)nc(NCC2CCCN(C)C2)n1. The number of likely N-dealkylation sites (tertiary alicyclic amines) is 1. The molecule has 0 aliphatic carbocycles. The van der Waals surface area contributed by atoms with Crippen LogP contribution in [0.5, 0.6) is 6.01 Å². The molecule has 0 amide bonds. The van der Waals surface area contributed by atoms with E-state index in [1.807, 2.05) is 6.92 Å². The molecule has 9 heteroatoms. The zero-order chi connectivity index (χ0) is 20.9. The van der Waals surface area contributed by atoms with Gasteiger partial charge >= 0.3 is 12.2 Å². The number of ether oxygens (including phenoxy) is 1. The van der Waals surface area contributed by atoms with Crippen molar-refractivity contribution in [2.45, 2.75) is 32.4 Å². The van der Waals surface area contributed by atoms with E-state index in [4.69, 9.17) is 4.74 Å². The monoisotopic (exact) mass is 409 g/mol. The Morgan fingerprint density at radius 1 is 1.24 bits per heavy atom. The molecule has 1 aliphatic heterocycles. The summed E-state index contributed by atoms with van der Waals surface area (Å²) in [7, 11) is 2.11. The van der Waals surface area contributed by atoms with E-state index >= 15 is 0 Å². The van der Waals surface area contributed by atoms with E-state index < -0.39 is 11.7 Å². The second-order valence-electron chi connectivity index (χ2n) is 7.32. The molecular formula is C20H26F3N5O. The van der Waals surface area contributed by atoms with Crippen LogP contribution in [0, 0.1) is 5.92 Å². The van der Waals surface area contributed by atoms with Crippen LogP contribution >= 0.6 is 0 Å². The average Bonchev–Trinajstić information content (AvgIpc) is 2.66. The maximum absolute atomic E-state index is 13.0. The van der Waals surface area contributed by atoms with E-state index in [9.17, 15) is 13.2 Å². The highest BCUT2D eigenvalue weighted by Crippen LogP contribution is 2.30. The molecule has 1 fully saturated rings. The molecule has 0 spiro atoms. The highest BCUT2D eigenvalue weighted by atomic mass is 19.4. The van der Waals surface area contributed by atoms with Crippen molar-refractivity contribution in [3.63, 3.8) is 0 Å². The predicted octanol–water partition coefficient (Wildman–Crippen LogP) is 3.63. The first-order valence-corrected chi connectivity index (χ1v) is 9.79. The summed E-state index contributed by atoms with van der Waals surface area (Å²) in [5.41, 5.74) is -0.206. The second kappa shape index (κ2) is 9.39. The lowest BCUT2D eigenvalue weighted by Crippen LogP contribution is -2.35. The van der Waals surface area contributed by atoms with E-state index in [0.29, 0.717) is 29.9 Å². The topological polar surface area (TPSA) is 63.2 Å². The molecule has 29 heavy (non-hydrogen) atoms. The molecule has 1 aliphatic rings. The van der Waals surface area contributed by atoms with Crippen LogP contribution < -0.4 is 10.1 Å². The quantitative estimate of drug-likeness (QED) is 0.754. The van der Waals surface area contributed by atoms with Gasteiger partial charge in [-0.1, -0.05) is 18.2 Å². The number of benzene rings is 1. The van der Waals surface area contributed by atoms with Crippen LogP contribution in [0.2, 0.25) is 0 Å². The molecule has 1 unspecified atom stereocenters. The standard InChI is InChI=1S/C20H26F3N5O/c1-3-29-19-26-17(11-14-6-4-8-16(10-14)20(21,22)23)25-18(27-19)24-12-15-7-5-9-28(2)13-15/h4,6,8,10,15H,3,5,7,9,11-13H2,1-2H3,(H,24,25,26,27). The van der Waals surface area contributed by atoms with E-state index in [-0.39, 0.29) is 12.4 Å². The van der Waals surface area contributed by atoms with Gasteiger partial charge in [0, 0.05) is 19.5 Å². The van der Waals surface area contributed by atoms with E-state index in [0.717, 1.165) is 44.6 Å². The fraction of sp³-hybridized carbons (Fsp3) is 0.550. The van der Waals surface area contributed by atoms with Crippen LogP contribution in [0.1, 0.15) is 36.7 Å². The van der Waals surface area contributed by atoms with Gasteiger partial charge in [-0.2, -0.15) is 28.1 Å². The van der Waals surface area contributed by atoms with Gasteiger partial charge in [-0.05, 0) is 50.9 Å². The Hall–Kier alpha value is -2.42. The van der Waals surface area contributed by atoms with Gasteiger partial charge in [0.2, 0.25) is 5.95 Å². The van der Waals surface area contributed by atoms with Gasteiger partial charge in [-0.3, -0.25) is 0 Å². The summed E-state index contributed by atoms with van der Waals surface area (Å²) in [5, 5.41) is 3.25. The van der Waals surface area contributed by atoms with Crippen LogP contribution in [0.4, 0.5) is 19.1 Å². The van der Waals surface area contributed by atoms with Crippen LogP contribution in [0.25, 0.3) is 0 Å². The number of hydrogen-bond acceptors (Lipinski definition) is 6. The van der Waals surface area contributed by atoms with Crippen molar-refractivity contribution in [3.8, 4) is 6.01 Å². The van der Waals surface area contributed by atoms with Gasteiger partial charge in [-0.25, -0.2) is 0 Å². The van der Waals surface area contributed by atoms with E-state index in [2.05, 4.69) is 32.2 Å². The van der Waals surface area contributed by atoms with Crippen molar-refractivity contribution in [1.82, 2.24) is 19.9 Å². The van der Waals surface area contributed by atoms with Gasteiger partial charge in [0.25, 0.3) is 0 Å². The summed E-state index contributed by atoms with van der Waals surface area (Å²) in [6.07, 6.45) is -1.93. The van der Waals surface area contributed by atoms with Gasteiger partial charge < -0.3 is 15.0 Å². The number of alkyl halides is 3. The maximum atomic E-state index is 13.0.